The second-order valence-corrected chi connectivity index (χ2v) is 4.69. The highest BCUT2D eigenvalue weighted by atomic mass is 32.1. The molecule has 1 aromatic carbocycles. The van der Waals surface area contributed by atoms with Crippen LogP contribution in [0, 0.1) is 0 Å². The number of fused-ring (bicyclic) bond motifs is 3. The molecule has 0 bridgehead atoms. The molecule has 0 saturated heterocycles. The summed E-state index contributed by atoms with van der Waals surface area (Å²) in [4.78, 5) is 19.6. The Balaban J connectivity index is 2.42. The van der Waals surface area contributed by atoms with Crippen molar-refractivity contribution in [3.05, 3.63) is 33.8 Å². The van der Waals surface area contributed by atoms with Crippen molar-refractivity contribution in [2.24, 2.45) is 0 Å². The number of hydrogen-bond donors (Lipinski definition) is 2. The van der Waals surface area contributed by atoms with E-state index in [9.17, 15) is 4.79 Å². The average molecular weight is 245 g/mol. The molecule has 0 atom stereocenters. The summed E-state index contributed by atoms with van der Waals surface area (Å²) in [5.41, 5.74) is 2.30. The summed E-state index contributed by atoms with van der Waals surface area (Å²) in [7, 11) is 0. The summed E-state index contributed by atoms with van der Waals surface area (Å²) in [5, 5.41) is 4.76. The van der Waals surface area contributed by atoms with Crippen molar-refractivity contribution in [3.8, 4) is 0 Å². The zero-order valence-corrected chi connectivity index (χ0v) is 10.1. The van der Waals surface area contributed by atoms with Crippen LogP contribution in [0.15, 0.2) is 29.1 Å². The first kappa shape index (κ1) is 10.3. The number of anilines is 1. The molecule has 3 rings (SSSR count). The molecule has 0 spiro atoms. The molecule has 4 nitrogen and oxygen atoms in total. The minimum atomic E-state index is 0.0159. The van der Waals surface area contributed by atoms with Gasteiger partial charge in [-0.1, -0.05) is 29.5 Å². The van der Waals surface area contributed by atoms with Crippen LogP contribution in [0.5, 0.6) is 0 Å². The summed E-state index contributed by atoms with van der Waals surface area (Å²) in [6.07, 6.45) is 0. The molecule has 0 saturated carbocycles. The summed E-state index contributed by atoms with van der Waals surface area (Å²) >= 11 is 1.14. The van der Waals surface area contributed by atoms with Crippen molar-refractivity contribution in [2.75, 3.05) is 11.9 Å². The SMILES string of the molecule is CCNc1nc2c([nH]c3ccccc32)c(=O)s1. The number of nitrogens with one attached hydrogen (secondary N) is 2. The van der Waals surface area contributed by atoms with E-state index in [0.717, 1.165) is 34.3 Å². The third kappa shape index (κ3) is 1.59. The Labute approximate surface area is 101 Å². The van der Waals surface area contributed by atoms with Gasteiger partial charge in [0.25, 0.3) is 4.74 Å². The summed E-state index contributed by atoms with van der Waals surface area (Å²) in [6.45, 7) is 2.75. The third-order valence-electron chi connectivity index (χ3n) is 2.61. The first-order valence-electron chi connectivity index (χ1n) is 5.45. The monoisotopic (exact) mass is 245 g/mol. The van der Waals surface area contributed by atoms with E-state index in [1.807, 2.05) is 31.2 Å². The van der Waals surface area contributed by atoms with Crippen LogP contribution in [0.2, 0.25) is 0 Å². The molecule has 5 heteroatoms. The molecule has 3 aromatic rings. The van der Waals surface area contributed by atoms with Gasteiger partial charge in [-0.3, -0.25) is 4.79 Å². The van der Waals surface area contributed by atoms with Gasteiger partial charge in [-0.15, -0.1) is 0 Å². The largest absolute Gasteiger partial charge is 0.362 e. The highest BCUT2D eigenvalue weighted by molar-refractivity contribution is 7.13. The predicted octanol–water partition coefficient (Wildman–Crippen LogP) is 2.57. The van der Waals surface area contributed by atoms with Gasteiger partial charge in [-0.05, 0) is 13.0 Å². The van der Waals surface area contributed by atoms with E-state index in [1.165, 1.54) is 0 Å². The predicted molar refractivity (Wildman–Crippen MR) is 71.9 cm³/mol. The van der Waals surface area contributed by atoms with Crippen LogP contribution in [-0.2, 0) is 0 Å². The first-order chi connectivity index (χ1) is 8.29. The van der Waals surface area contributed by atoms with E-state index in [0.29, 0.717) is 10.6 Å². The van der Waals surface area contributed by atoms with Gasteiger partial charge in [0, 0.05) is 17.4 Å². The Hall–Kier alpha value is -1.88. The van der Waals surface area contributed by atoms with Crippen LogP contribution in [0.1, 0.15) is 6.92 Å². The maximum absolute atomic E-state index is 12.0. The second kappa shape index (κ2) is 3.85. The van der Waals surface area contributed by atoms with Crippen molar-refractivity contribution >= 4 is 38.4 Å². The van der Waals surface area contributed by atoms with Crippen LogP contribution in [0.3, 0.4) is 0 Å². The number of hydrogen-bond acceptors (Lipinski definition) is 4. The Morgan fingerprint density at radius 1 is 1.41 bits per heavy atom. The van der Waals surface area contributed by atoms with E-state index in [2.05, 4.69) is 15.3 Å². The zero-order chi connectivity index (χ0) is 11.8. The average Bonchev–Trinajstić information content (AvgIpc) is 2.69. The molecule has 0 amide bonds. The van der Waals surface area contributed by atoms with Crippen LogP contribution < -0.4 is 10.1 Å². The lowest BCUT2D eigenvalue weighted by Crippen LogP contribution is -2.03. The number of rotatable bonds is 2. The van der Waals surface area contributed by atoms with Gasteiger partial charge in [0.05, 0.1) is 0 Å². The normalized spacial score (nSPS) is 11.1. The lowest BCUT2D eigenvalue weighted by molar-refractivity contribution is 1.20. The number of aromatic amines is 1. The fraction of sp³-hybridized carbons (Fsp3) is 0.167. The lowest BCUT2D eigenvalue weighted by Gasteiger charge is -1.99. The van der Waals surface area contributed by atoms with E-state index in [4.69, 9.17) is 0 Å². The highest BCUT2D eigenvalue weighted by Crippen LogP contribution is 2.23. The molecule has 0 aliphatic rings. The number of aromatic nitrogens is 2. The quantitative estimate of drug-likeness (QED) is 0.729. The number of nitrogens with zero attached hydrogens (tertiary/aromatic N) is 1. The Bertz CT molecular complexity index is 744. The summed E-state index contributed by atoms with van der Waals surface area (Å²) in [5.74, 6) is 0. The molecule has 0 fully saturated rings. The van der Waals surface area contributed by atoms with Crippen LogP contribution >= 0.6 is 11.3 Å². The maximum Gasteiger partial charge on any atom is 0.261 e. The van der Waals surface area contributed by atoms with Crippen molar-refractivity contribution < 1.29 is 0 Å². The van der Waals surface area contributed by atoms with Crippen LogP contribution in [0.4, 0.5) is 5.13 Å². The van der Waals surface area contributed by atoms with Gasteiger partial charge in [-0.25, -0.2) is 4.98 Å². The molecule has 0 aliphatic carbocycles. The molecule has 0 aliphatic heterocycles. The molecule has 2 heterocycles. The summed E-state index contributed by atoms with van der Waals surface area (Å²) < 4.78 is 0.0159. The Morgan fingerprint density at radius 3 is 3.06 bits per heavy atom. The minimum Gasteiger partial charge on any atom is -0.362 e. The molecule has 17 heavy (non-hydrogen) atoms. The zero-order valence-electron chi connectivity index (χ0n) is 9.28. The van der Waals surface area contributed by atoms with Gasteiger partial charge >= 0.3 is 0 Å². The number of para-hydroxylation sites is 1. The van der Waals surface area contributed by atoms with Crippen molar-refractivity contribution in [1.29, 1.82) is 0 Å². The van der Waals surface area contributed by atoms with E-state index in [-0.39, 0.29) is 4.74 Å². The number of benzene rings is 1. The first-order valence-corrected chi connectivity index (χ1v) is 6.26. The van der Waals surface area contributed by atoms with Crippen LogP contribution in [-0.4, -0.2) is 16.5 Å². The fourth-order valence-electron chi connectivity index (χ4n) is 1.88. The molecule has 0 radical (unpaired) electrons. The van der Waals surface area contributed by atoms with Crippen molar-refractivity contribution in [1.82, 2.24) is 9.97 Å². The van der Waals surface area contributed by atoms with Gasteiger partial charge in [0.15, 0.2) is 5.13 Å². The highest BCUT2D eigenvalue weighted by Gasteiger charge is 2.10. The molecular weight excluding hydrogens is 234 g/mol. The Morgan fingerprint density at radius 2 is 2.24 bits per heavy atom. The fourth-order valence-corrected chi connectivity index (χ4v) is 2.66. The van der Waals surface area contributed by atoms with Crippen molar-refractivity contribution in [3.63, 3.8) is 0 Å². The van der Waals surface area contributed by atoms with Crippen molar-refractivity contribution in [2.45, 2.75) is 6.92 Å². The molecule has 0 unspecified atom stereocenters. The smallest absolute Gasteiger partial charge is 0.261 e. The van der Waals surface area contributed by atoms with E-state index in [1.54, 1.807) is 0 Å². The van der Waals surface area contributed by atoms with Gasteiger partial charge in [0.1, 0.15) is 11.0 Å². The van der Waals surface area contributed by atoms with E-state index >= 15 is 0 Å². The summed E-state index contributed by atoms with van der Waals surface area (Å²) in [6, 6.07) is 7.82. The maximum atomic E-state index is 12.0. The Kier molecular flexibility index (Phi) is 2.33. The second-order valence-electron chi connectivity index (χ2n) is 3.73. The standard InChI is InChI=1S/C12H11N3OS/c1-2-13-12-15-9-7-5-3-4-6-8(7)14-10(9)11(16)17-12/h3-6,14H,2H2,1H3,(H,13,15). The van der Waals surface area contributed by atoms with E-state index < -0.39 is 0 Å². The van der Waals surface area contributed by atoms with Crippen LogP contribution in [0.25, 0.3) is 21.9 Å². The third-order valence-corrected chi connectivity index (χ3v) is 3.43. The van der Waals surface area contributed by atoms with Gasteiger partial charge < -0.3 is 10.3 Å². The lowest BCUT2D eigenvalue weighted by atomic mass is 10.2. The van der Waals surface area contributed by atoms with Gasteiger partial charge in [-0.2, -0.15) is 0 Å². The number of H-pyrrole nitrogens is 1. The molecule has 2 aromatic heterocycles. The molecular formula is C12H11N3OS. The molecule has 86 valence electrons. The minimum absolute atomic E-state index is 0.0159. The van der Waals surface area contributed by atoms with Gasteiger partial charge in [0.2, 0.25) is 0 Å². The topological polar surface area (TPSA) is 57.8 Å². The molecule has 2 N–H and O–H groups in total.